The fourth-order valence-corrected chi connectivity index (χ4v) is 6.47. The van der Waals surface area contributed by atoms with Crippen LogP contribution in [0, 0.1) is 17.8 Å². The summed E-state index contributed by atoms with van der Waals surface area (Å²) in [6, 6.07) is 3.88. The van der Waals surface area contributed by atoms with E-state index in [2.05, 4.69) is 22.9 Å². The van der Waals surface area contributed by atoms with Crippen LogP contribution in [0.2, 0.25) is 0 Å². The van der Waals surface area contributed by atoms with Crippen molar-refractivity contribution in [2.24, 2.45) is 17.8 Å². The number of benzene rings is 1. The second kappa shape index (κ2) is 24.4. The van der Waals surface area contributed by atoms with Crippen molar-refractivity contribution in [3.8, 4) is 0 Å². The Morgan fingerprint density at radius 2 is 1.31 bits per heavy atom. The zero-order valence-electron chi connectivity index (χ0n) is 33.4. The molecule has 1 heterocycles. The van der Waals surface area contributed by atoms with Crippen LogP contribution in [0.3, 0.4) is 0 Å². The predicted octanol–water partition coefficient (Wildman–Crippen LogP) is 5.17. The number of hydrogen-bond acceptors (Lipinski definition) is 10. The van der Waals surface area contributed by atoms with Crippen molar-refractivity contribution in [3.05, 3.63) is 35.9 Å². The maximum atomic E-state index is 13.9. The number of hydrogen-bond donors (Lipinski definition) is 4. The average molecular weight is 760 g/mol. The Morgan fingerprint density at radius 1 is 0.778 bits per heavy atom. The highest BCUT2D eigenvalue weighted by molar-refractivity contribution is 5.95. The summed E-state index contributed by atoms with van der Waals surface area (Å²) in [4.78, 5) is 79.8. The van der Waals surface area contributed by atoms with E-state index in [-0.39, 0.29) is 5.56 Å². The molecule has 1 aromatic carbocycles. The number of unbranched alkanes of at least 4 members (excludes halogenated alkanes) is 10. The molecule has 54 heavy (non-hydrogen) atoms. The Bertz CT molecular complexity index is 1340. The van der Waals surface area contributed by atoms with Crippen LogP contribution in [0.5, 0.6) is 0 Å². The van der Waals surface area contributed by atoms with Crippen molar-refractivity contribution in [2.75, 3.05) is 6.61 Å². The lowest BCUT2D eigenvalue weighted by molar-refractivity contribution is -0.162. The first-order chi connectivity index (χ1) is 25.7. The molecule has 13 heteroatoms. The Morgan fingerprint density at radius 3 is 1.87 bits per heavy atom. The molecule has 8 atom stereocenters. The van der Waals surface area contributed by atoms with Crippen LogP contribution in [0.4, 0.5) is 0 Å². The second-order valence-corrected chi connectivity index (χ2v) is 15.0. The summed E-state index contributed by atoms with van der Waals surface area (Å²) >= 11 is 0. The van der Waals surface area contributed by atoms with Gasteiger partial charge in [0.1, 0.15) is 30.9 Å². The van der Waals surface area contributed by atoms with E-state index >= 15 is 0 Å². The van der Waals surface area contributed by atoms with Gasteiger partial charge in [-0.15, -0.1) is 0 Å². The first-order valence-corrected chi connectivity index (χ1v) is 19.9. The number of amides is 3. The Labute approximate surface area is 321 Å². The fraction of sp³-hybridized carbons (Fsp3) is 0.707. The predicted molar refractivity (Wildman–Crippen MR) is 204 cm³/mol. The molecule has 304 valence electrons. The average Bonchev–Trinajstić information content (AvgIpc) is 3.14. The van der Waals surface area contributed by atoms with Crippen molar-refractivity contribution < 1.29 is 48.1 Å². The van der Waals surface area contributed by atoms with E-state index in [1.807, 2.05) is 0 Å². The summed E-state index contributed by atoms with van der Waals surface area (Å²) in [5.41, 5.74) is 0.211. The van der Waals surface area contributed by atoms with E-state index in [0.717, 1.165) is 32.6 Å². The minimum absolute atomic E-state index is 0.211. The standard InChI is InChI=1S/C41H65N3O10/c1-8-9-10-11-12-13-14-15-16-17-21-24-33-27(4)36(46)28(5)37(47)43-34(26(2)3)38(48)44-35(29(6)53-40(50)31-22-19-18-20-23-31)39(49)42-32(41(51)54-33)25-52-30(7)45/h18-20,22-23,26-29,32-36,46H,8-17,21,24-25H2,1-7H3,(H,42,49)(H,43,47)(H,44,48). The van der Waals surface area contributed by atoms with Gasteiger partial charge in [-0.2, -0.15) is 0 Å². The van der Waals surface area contributed by atoms with Gasteiger partial charge in [-0.25, -0.2) is 9.59 Å². The third kappa shape index (κ3) is 15.8. The molecule has 0 bridgehead atoms. The van der Waals surface area contributed by atoms with Crippen LogP contribution in [0.15, 0.2) is 30.3 Å². The maximum absolute atomic E-state index is 13.9. The van der Waals surface area contributed by atoms with Gasteiger partial charge >= 0.3 is 17.9 Å². The number of cyclic esters (lactones) is 1. The zero-order valence-corrected chi connectivity index (χ0v) is 33.4. The van der Waals surface area contributed by atoms with E-state index in [9.17, 15) is 33.9 Å². The summed E-state index contributed by atoms with van der Waals surface area (Å²) in [6.45, 7) is 10.8. The second-order valence-electron chi connectivity index (χ2n) is 15.0. The van der Waals surface area contributed by atoms with Crippen molar-refractivity contribution >= 4 is 35.6 Å². The highest BCUT2D eigenvalue weighted by Gasteiger charge is 2.40. The number of esters is 3. The normalized spacial score (nSPS) is 24.9. The Balaban J connectivity index is 2.37. The molecule has 2 rings (SSSR count). The molecule has 0 radical (unpaired) electrons. The largest absolute Gasteiger partial charge is 0.463 e. The highest BCUT2D eigenvalue weighted by atomic mass is 16.6. The molecule has 0 saturated carbocycles. The van der Waals surface area contributed by atoms with E-state index in [0.29, 0.717) is 12.8 Å². The molecule has 1 saturated heterocycles. The quantitative estimate of drug-likeness (QED) is 0.0885. The molecule has 0 spiro atoms. The van der Waals surface area contributed by atoms with Gasteiger partial charge in [0, 0.05) is 12.8 Å². The summed E-state index contributed by atoms with van der Waals surface area (Å²) in [5, 5.41) is 19.3. The number of carbonyl (C=O) groups excluding carboxylic acids is 6. The summed E-state index contributed by atoms with van der Waals surface area (Å²) in [6.07, 6.45) is 9.32. The number of aliphatic hydroxyl groups excluding tert-OH is 1. The van der Waals surface area contributed by atoms with Crippen LogP contribution < -0.4 is 16.0 Å². The molecule has 1 aromatic rings. The molecular formula is C41H65N3O10. The summed E-state index contributed by atoms with van der Waals surface area (Å²) in [5.74, 6) is -6.84. The van der Waals surface area contributed by atoms with Crippen LogP contribution in [0.25, 0.3) is 0 Å². The molecule has 0 aromatic heterocycles. The number of carbonyl (C=O) groups is 6. The first kappa shape index (κ1) is 46.2. The fourth-order valence-electron chi connectivity index (χ4n) is 6.47. The zero-order chi connectivity index (χ0) is 40.2. The molecular weight excluding hydrogens is 694 g/mol. The van der Waals surface area contributed by atoms with Crippen LogP contribution >= 0.6 is 0 Å². The molecule has 1 aliphatic heterocycles. The first-order valence-electron chi connectivity index (χ1n) is 19.9. The topological polar surface area (TPSA) is 186 Å². The molecule has 0 aliphatic carbocycles. The molecule has 3 amide bonds. The van der Waals surface area contributed by atoms with Crippen molar-refractivity contribution in [1.82, 2.24) is 16.0 Å². The van der Waals surface area contributed by atoms with Gasteiger partial charge in [-0.3, -0.25) is 19.2 Å². The van der Waals surface area contributed by atoms with Gasteiger partial charge in [0.25, 0.3) is 0 Å². The van der Waals surface area contributed by atoms with Gasteiger partial charge in [0.15, 0.2) is 6.04 Å². The maximum Gasteiger partial charge on any atom is 0.338 e. The third-order valence-electron chi connectivity index (χ3n) is 10.1. The monoisotopic (exact) mass is 759 g/mol. The van der Waals surface area contributed by atoms with Crippen molar-refractivity contribution in [1.29, 1.82) is 0 Å². The lowest BCUT2D eigenvalue weighted by atomic mass is 9.86. The molecule has 8 unspecified atom stereocenters. The van der Waals surface area contributed by atoms with Crippen molar-refractivity contribution in [2.45, 2.75) is 162 Å². The van der Waals surface area contributed by atoms with Crippen LogP contribution in [-0.2, 0) is 38.2 Å². The Hall–Kier alpha value is -4.00. The van der Waals surface area contributed by atoms with Gasteiger partial charge in [-0.05, 0) is 37.8 Å². The SMILES string of the molecule is CCCCCCCCCCCCCC1OC(=O)C(COC(C)=O)NC(=O)C(C(C)OC(=O)c2ccccc2)NC(=O)C(C(C)C)NC(=O)C(C)C(O)C1C. The van der Waals surface area contributed by atoms with E-state index in [4.69, 9.17) is 14.2 Å². The van der Waals surface area contributed by atoms with Crippen LogP contribution in [0.1, 0.15) is 136 Å². The lowest BCUT2D eigenvalue weighted by Crippen LogP contribution is -2.61. The molecule has 1 aliphatic rings. The number of nitrogens with one attached hydrogen (secondary N) is 3. The lowest BCUT2D eigenvalue weighted by Gasteiger charge is -2.32. The van der Waals surface area contributed by atoms with E-state index in [1.165, 1.54) is 64.5 Å². The van der Waals surface area contributed by atoms with Crippen LogP contribution in [-0.4, -0.2) is 83.8 Å². The number of ether oxygens (including phenoxy) is 3. The highest BCUT2D eigenvalue weighted by Crippen LogP contribution is 2.25. The smallest absolute Gasteiger partial charge is 0.338 e. The van der Waals surface area contributed by atoms with Gasteiger partial charge in [-0.1, -0.05) is 117 Å². The summed E-state index contributed by atoms with van der Waals surface area (Å²) < 4.78 is 16.7. The van der Waals surface area contributed by atoms with E-state index < -0.39 is 96.4 Å². The summed E-state index contributed by atoms with van der Waals surface area (Å²) in [7, 11) is 0. The molecule has 4 N–H and O–H groups in total. The van der Waals surface area contributed by atoms with E-state index in [1.54, 1.807) is 39.0 Å². The molecule has 13 nitrogen and oxygen atoms in total. The number of aliphatic hydroxyl groups is 1. The molecule has 1 fully saturated rings. The Kier molecular flexibility index (Phi) is 20.9. The third-order valence-corrected chi connectivity index (χ3v) is 10.1. The van der Waals surface area contributed by atoms with Crippen molar-refractivity contribution in [3.63, 3.8) is 0 Å². The van der Waals surface area contributed by atoms with Gasteiger partial charge < -0.3 is 35.3 Å². The van der Waals surface area contributed by atoms with Gasteiger partial charge in [0.2, 0.25) is 17.7 Å². The minimum atomic E-state index is -1.55. The number of rotatable bonds is 18. The van der Waals surface area contributed by atoms with Gasteiger partial charge in [0.05, 0.1) is 17.6 Å². The minimum Gasteiger partial charge on any atom is -0.463 e.